The number of aliphatic carboxylic acids is 1. The molecule has 0 aliphatic rings. The van der Waals surface area contributed by atoms with Crippen LogP contribution in [-0.2, 0) is 9.59 Å². The van der Waals surface area contributed by atoms with Crippen LogP contribution in [0.3, 0.4) is 0 Å². The van der Waals surface area contributed by atoms with E-state index in [0.29, 0.717) is 18.9 Å². The summed E-state index contributed by atoms with van der Waals surface area (Å²) >= 11 is 0. The first-order chi connectivity index (χ1) is 8.54. The van der Waals surface area contributed by atoms with E-state index in [4.69, 9.17) is 15.9 Å². The molecule has 0 aliphatic carbocycles. The average molecular weight is 260 g/mol. The lowest BCUT2D eigenvalue weighted by Crippen LogP contribution is -2.43. The summed E-state index contributed by atoms with van der Waals surface area (Å²) in [7, 11) is 0. The Morgan fingerprint density at radius 3 is 2.39 bits per heavy atom. The van der Waals surface area contributed by atoms with E-state index < -0.39 is 18.6 Å². The molecule has 0 saturated heterocycles. The molecule has 0 rings (SSSR count). The number of hydrogen-bond acceptors (Lipinski definition) is 4. The largest absolute Gasteiger partial charge is 0.480 e. The Hall–Kier alpha value is -1.14. The lowest BCUT2D eigenvalue weighted by Gasteiger charge is -2.16. The molecule has 0 aromatic rings. The van der Waals surface area contributed by atoms with E-state index in [-0.39, 0.29) is 12.3 Å². The van der Waals surface area contributed by atoms with Gasteiger partial charge in [0.05, 0.1) is 6.61 Å². The van der Waals surface area contributed by atoms with Gasteiger partial charge in [-0.3, -0.25) is 4.79 Å². The Labute approximate surface area is 108 Å². The number of rotatable bonds is 10. The van der Waals surface area contributed by atoms with Crippen molar-refractivity contribution in [2.45, 2.75) is 45.1 Å². The fraction of sp³-hybridized carbons (Fsp3) is 0.833. The normalized spacial score (nSPS) is 13.9. The lowest BCUT2D eigenvalue weighted by molar-refractivity contribution is -0.143. The summed E-state index contributed by atoms with van der Waals surface area (Å²) in [5, 5.41) is 19.7. The number of carboxylic acids is 1. The fourth-order valence-electron chi connectivity index (χ4n) is 1.86. The van der Waals surface area contributed by atoms with Crippen LogP contribution in [0.2, 0.25) is 0 Å². The first-order valence-electron chi connectivity index (χ1n) is 6.38. The Morgan fingerprint density at radius 1 is 1.28 bits per heavy atom. The van der Waals surface area contributed by atoms with Crippen LogP contribution in [0, 0.1) is 5.92 Å². The number of aliphatic hydroxyl groups is 1. The van der Waals surface area contributed by atoms with Gasteiger partial charge >= 0.3 is 5.97 Å². The van der Waals surface area contributed by atoms with Gasteiger partial charge in [-0.1, -0.05) is 19.8 Å². The van der Waals surface area contributed by atoms with E-state index in [1.165, 1.54) is 0 Å². The molecule has 1 amide bonds. The molecule has 0 heterocycles. The first kappa shape index (κ1) is 16.9. The molecule has 0 aromatic heterocycles. The van der Waals surface area contributed by atoms with Crippen LogP contribution in [0.1, 0.15) is 39.0 Å². The molecular weight excluding hydrogens is 236 g/mol. The Kier molecular flexibility index (Phi) is 9.22. The van der Waals surface area contributed by atoms with Gasteiger partial charge in [0, 0.05) is 6.42 Å². The lowest BCUT2D eigenvalue weighted by atomic mass is 9.94. The second-order valence-electron chi connectivity index (χ2n) is 4.41. The van der Waals surface area contributed by atoms with Gasteiger partial charge < -0.3 is 21.3 Å². The van der Waals surface area contributed by atoms with Crippen molar-refractivity contribution in [1.29, 1.82) is 0 Å². The molecule has 0 fully saturated rings. The van der Waals surface area contributed by atoms with Gasteiger partial charge in [0.2, 0.25) is 5.91 Å². The summed E-state index contributed by atoms with van der Waals surface area (Å²) in [6.07, 6.45) is 3.92. The van der Waals surface area contributed by atoms with E-state index in [1.54, 1.807) is 0 Å². The van der Waals surface area contributed by atoms with E-state index in [1.807, 2.05) is 0 Å². The predicted molar refractivity (Wildman–Crippen MR) is 68.0 cm³/mol. The molecule has 0 radical (unpaired) electrons. The van der Waals surface area contributed by atoms with Gasteiger partial charge in [0.25, 0.3) is 0 Å². The smallest absolute Gasteiger partial charge is 0.328 e. The highest BCUT2D eigenvalue weighted by Gasteiger charge is 2.19. The molecule has 0 aromatic carbocycles. The summed E-state index contributed by atoms with van der Waals surface area (Å²) in [6, 6.07) is -1.21. The minimum atomic E-state index is -1.22. The van der Waals surface area contributed by atoms with Crippen molar-refractivity contribution in [3.8, 4) is 0 Å². The third-order valence-corrected chi connectivity index (χ3v) is 2.87. The maximum absolute atomic E-state index is 11.5. The third-order valence-electron chi connectivity index (χ3n) is 2.87. The van der Waals surface area contributed by atoms with Gasteiger partial charge in [0.15, 0.2) is 0 Å². The monoisotopic (exact) mass is 260 g/mol. The molecule has 1 unspecified atom stereocenters. The van der Waals surface area contributed by atoms with Crippen molar-refractivity contribution in [1.82, 2.24) is 5.32 Å². The highest BCUT2D eigenvalue weighted by molar-refractivity contribution is 5.83. The van der Waals surface area contributed by atoms with Gasteiger partial charge in [-0.05, 0) is 25.3 Å². The summed E-state index contributed by atoms with van der Waals surface area (Å²) in [5.41, 5.74) is 5.50. The van der Waals surface area contributed by atoms with Gasteiger partial charge in [-0.25, -0.2) is 4.79 Å². The molecule has 106 valence electrons. The van der Waals surface area contributed by atoms with E-state index in [0.717, 1.165) is 19.3 Å². The predicted octanol–water partition coefficient (Wildman–Crippen LogP) is 0.0934. The fourth-order valence-corrected chi connectivity index (χ4v) is 1.86. The Balaban J connectivity index is 4.02. The van der Waals surface area contributed by atoms with Crippen molar-refractivity contribution in [2.75, 3.05) is 13.2 Å². The summed E-state index contributed by atoms with van der Waals surface area (Å²) in [5.74, 6) is -1.16. The molecule has 0 aliphatic heterocycles. The molecular formula is C12H24N2O4. The highest BCUT2D eigenvalue weighted by atomic mass is 16.4. The van der Waals surface area contributed by atoms with Crippen molar-refractivity contribution >= 4 is 11.9 Å². The SMILES string of the molecule is CCCC(CCN)CCC(=O)N[C@@H](CO)C(=O)O. The van der Waals surface area contributed by atoms with Gasteiger partial charge in [-0.2, -0.15) is 0 Å². The summed E-state index contributed by atoms with van der Waals surface area (Å²) in [6.45, 7) is 2.08. The van der Waals surface area contributed by atoms with Crippen LogP contribution in [0.25, 0.3) is 0 Å². The number of carbonyl (C=O) groups excluding carboxylic acids is 1. The van der Waals surface area contributed by atoms with Crippen LogP contribution in [0.15, 0.2) is 0 Å². The zero-order chi connectivity index (χ0) is 14.0. The maximum atomic E-state index is 11.5. The van der Waals surface area contributed by atoms with Crippen LogP contribution in [-0.4, -0.2) is 41.3 Å². The number of nitrogens with two attached hydrogens (primary N) is 1. The van der Waals surface area contributed by atoms with Gasteiger partial charge in [0.1, 0.15) is 6.04 Å². The van der Waals surface area contributed by atoms with Crippen LogP contribution >= 0.6 is 0 Å². The number of hydrogen-bond donors (Lipinski definition) is 4. The van der Waals surface area contributed by atoms with Crippen molar-refractivity contribution in [2.24, 2.45) is 11.7 Å². The van der Waals surface area contributed by atoms with Crippen LogP contribution in [0.5, 0.6) is 0 Å². The van der Waals surface area contributed by atoms with E-state index in [9.17, 15) is 9.59 Å². The minimum absolute atomic E-state index is 0.272. The van der Waals surface area contributed by atoms with E-state index in [2.05, 4.69) is 12.2 Å². The van der Waals surface area contributed by atoms with Crippen LogP contribution < -0.4 is 11.1 Å². The van der Waals surface area contributed by atoms with Crippen molar-refractivity contribution in [3.05, 3.63) is 0 Å². The second-order valence-corrected chi connectivity index (χ2v) is 4.41. The maximum Gasteiger partial charge on any atom is 0.328 e. The number of nitrogens with one attached hydrogen (secondary N) is 1. The molecule has 6 nitrogen and oxygen atoms in total. The zero-order valence-electron chi connectivity index (χ0n) is 10.9. The third kappa shape index (κ3) is 7.24. The molecule has 0 bridgehead atoms. The molecule has 0 saturated carbocycles. The standard InChI is InChI=1S/C12H24N2O4/c1-2-3-9(6-7-13)4-5-11(16)14-10(8-15)12(17)18/h9-10,15H,2-8,13H2,1H3,(H,14,16)(H,17,18)/t9?,10-/m0/s1. The number of aliphatic hydroxyl groups excluding tert-OH is 1. The molecule has 5 N–H and O–H groups in total. The molecule has 18 heavy (non-hydrogen) atoms. The molecule has 6 heteroatoms. The quantitative estimate of drug-likeness (QED) is 0.445. The van der Waals surface area contributed by atoms with Gasteiger partial charge in [-0.15, -0.1) is 0 Å². The minimum Gasteiger partial charge on any atom is -0.480 e. The summed E-state index contributed by atoms with van der Waals surface area (Å²) < 4.78 is 0. The Bertz CT molecular complexity index is 252. The van der Waals surface area contributed by atoms with Crippen LogP contribution in [0.4, 0.5) is 0 Å². The first-order valence-corrected chi connectivity index (χ1v) is 6.38. The van der Waals surface area contributed by atoms with Crippen molar-refractivity contribution < 1.29 is 19.8 Å². The number of carboxylic acid groups (broad SMARTS) is 1. The number of carbonyl (C=O) groups is 2. The second kappa shape index (κ2) is 9.85. The molecule has 2 atom stereocenters. The highest BCUT2D eigenvalue weighted by Crippen LogP contribution is 2.16. The summed E-state index contributed by atoms with van der Waals surface area (Å²) in [4.78, 5) is 22.1. The number of amides is 1. The topological polar surface area (TPSA) is 113 Å². The molecule has 0 spiro atoms. The zero-order valence-corrected chi connectivity index (χ0v) is 10.9. The van der Waals surface area contributed by atoms with E-state index >= 15 is 0 Å². The average Bonchev–Trinajstić information content (AvgIpc) is 2.33. The Morgan fingerprint density at radius 2 is 1.94 bits per heavy atom. The van der Waals surface area contributed by atoms with Crippen molar-refractivity contribution in [3.63, 3.8) is 0 Å².